The van der Waals surface area contributed by atoms with Gasteiger partial charge in [-0.1, -0.05) is 18.2 Å². The predicted molar refractivity (Wildman–Crippen MR) is 85.4 cm³/mol. The number of ether oxygens (including phenoxy) is 1. The number of benzene rings is 1. The Morgan fingerprint density at radius 2 is 2.04 bits per heavy atom. The van der Waals surface area contributed by atoms with E-state index in [-0.39, 0.29) is 18.7 Å². The van der Waals surface area contributed by atoms with Gasteiger partial charge in [-0.25, -0.2) is 0 Å². The van der Waals surface area contributed by atoms with E-state index < -0.39 is 23.3 Å². The third-order valence-electron chi connectivity index (χ3n) is 3.09. The number of nitriles is 1. The Balaban J connectivity index is 2.11. The number of aromatic nitrogens is 1. The molecule has 0 aliphatic carbocycles. The lowest BCUT2D eigenvalue weighted by Crippen LogP contribution is -2.35. The molecule has 2 aromatic rings. The summed E-state index contributed by atoms with van der Waals surface area (Å²) in [6.07, 6.45) is 1.43. The number of carbonyl (C=O) groups excluding carboxylic acids is 1. The van der Waals surface area contributed by atoms with Crippen LogP contribution in [0.25, 0.3) is 0 Å². The Morgan fingerprint density at radius 1 is 1.29 bits per heavy atom. The van der Waals surface area contributed by atoms with Gasteiger partial charge in [0, 0.05) is 12.2 Å². The van der Waals surface area contributed by atoms with E-state index in [2.05, 4.69) is 4.98 Å². The number of nitrogens with zero attached hydrogens (tertiary/aromatic N) is 4. The first kappa shape index (κ1) is 16.9. The Hall–Kier alpha value is -3.47. The van der Waals surface area contributed by atoms with Gasteiger partial charge in [0.1, 0.15) is 6.20 Å². The number of anilines is 1. The first-order chi connectivity index (χ1) is 11.6. The largest absolute Gasteiger partial charge is 0.476 e. The molecular formula is C16H14N4O4. The fourth-order valence-electron chi connectivity index (χ4n) is 2.02. The van der Waals surface area contributed by atoms with Crippen molar-refractivity contribution in [2.24, 2.45) is 0 Å². The number of carbonyl (C=O) groups is 1. The monoisotopic (exact) mass is 326 g/mol. The van der Waals surface area contributed by atoms with Gasteiger partial charge in [-0.05, 0) is 34.2 Å². The Morgan fingerprint density at radius 3 is 2.71 bits per heavy atom. The van der Waals surface area contributed by atoms with Gasteiger partial charge in [0.15, 0.2) is 6.61 Å². The zero-order valence-electron chi connectivity index (χ0n) is 12.7. The summed E-state index contributed by atoms with van der Waals surface area (Å²) in [6, 6.07) is 13.7. The van der Waals surface area contributed by atoms with E-state index in [1.165, 1.54) is 23.2 Å². The highest BCUT2D eigenvalue weighted by Crippen LogP contribution is 2.23. The van der Waals surface area contributed by atoms with Gasteiger partial charge in [-0.3, -0.25) is 4.79 Å². The quantitative estimate of drug-likeness (QED) is 0.570. The van der Waals surface area contributed by atoms with Crippen molar-refractivity contribution in [2.75, 3.05) is 18.1 Å². The summed E-state index contributed by atoms with van der Waals surface area (Å²) in [5, 5.41) is 19.6. The number of nitro groups is 1. The van der Waals surface area contributed by atoms with Crippen LogP contribution in [-0.4, -0.2) is 29.0 Å². The molecule has 0 unspecified atom stereocenters. The second-order valence-corrected chi connectivity index (χ2v) is 4.66. The molecule has 0 saturated carbocycles. The van der Waals surface area contributed by atoms with Gasteiger partial charge in [-0.2, -0.15) is 5.26 Å². The highest BCUT2D eigenvalue weighted by atomic mass is 16.6. The molecule has 0 N–H and O–H groups in total. The third-order valence-corrected chi connectivity index (χ3v) is 3.09. The first-order valence-corrected chi connectivity index (χ1v) is 7.08. The maximum atomic E-state index is 12.4. The van der Waals surface area contributed by atoms with Crippen molar-refractivity contribution in [1.82, 2.24) is 4.98 Å². The molecule has 1 heterocycles. The molecule has 8 nitrogen and oxygen atoms in total. The smallest absolute Gasteiger partial charge is 0.406 e. The zero-order valence-corrected chi connectivity index (χ0v) is 12.7. The van der Waals surface area contributed by atoms with E-state index in [0.29, 0.717) is 5.69 Å². The van der Waals surface area contributed by atoms with Crippen LogP contribution in [0.1, 0.15) is 6.42 Å². The lowest BCUT2D eigenvalue weighted by molar-refractivity contribution is -0.390. The summed E-state index contributed by atoms with van der Waals surface area (Å²) < 4.78 is 5.26. The predicted octanol–water partition coefficient (Wildman–Crippen LogP) is 2.32. The van der Waals surface area contributed by atoms with Crippen LogP contribution in [-0.2, 0) is 4.79 Å². The van der Waals surface area contributed by atoms with Gasteiger partial charge in [0.05, 0.1) is 12.5 Å². The molecule has 0 aliphatic rings. The molecule has 0 saturated heterocycles. The summed E-state index contributed by atoms with van der Waals surface area (Å²) in [5.41, 5.74) is 0.627. The molecule has 0 aliphatic heterocycles. The van der Waals surface area contributed by atoms with Crippen molar-refractivity contribution in [3.63, 3.8) is 0 Å². The molecule has 0 bridgehead atoms. The lowest BCUT2D eigenvalue weighted by atomic mass is 10.2. The number of amides is 1. The normalized spacial score (nSPS) is 9.79. The van der Waals surface area contributed by atoms with Crippen molar-refractivity contribution in [3.8, 4) is 11.8 Å². The molecule has 1 amide bonds. The van der Waals surface area contributed by atoms with Crippen LogP contribution < -0.4 is 9.64 Å². The van der Waals surface area contributed by atoms with Crippen LogP contribution >= 0.6 is 0 Å². The zero-order chi connectivity index (χ0) is 17.4. The van der Waals surface area contributed by atoms with E-state index in [0.717, 1.165) is 0 Å². The molecule has 1 aromatic heterocycles. The Kier molecular flexibility index (Phi) is 5.80. The van der Waals surface area contributed by atoms with Crippen LogP contribution in [0.15, 0.2) is 48.7 Å². The molecule has 0 atom stereocenters. The van der Waals surface area contributed by atoms with E-state index in [4.69, 9.17) is 10.00 Å². The van der Waals surface area contributed by atoms with E-state index in [1.807, 2.05) is 12.1 Å². The molecule has 1 aromatic carbocycles. The van der Waals surface area contributed by atoms with Gasteiger partial charge >= 0.3 is 5.82 Å². The van der Waals surface area contributed by atoms with Gasteiger partial charge < -0.3 is 19.8 Å². The van der Waals surface area contributed by atoms with Crippen LogP contribution in [0.2, 0.25) is 0 Å². The average Bonchev–Trinajstić information content (AvgIpc) is 2.61. The van der Waals surface area contributed by atoms with Crippen LogP contribution in [0.5, 0.6) is 5.75 Å². The van der Waals surface area contributed by atoms with E-state index >= 15 is 0 Å². The maximum Gasteiger partial charge on any atom is 0.406 e. The Bertz CT molecular complexity index is 758. The number of pyridine rings is 1. The van der Waals surface area contributed by atoms with Crippen LogP contribution in [0.3, 0.4) is 0 Å². The standard InChI is InChI=1S/C16H14N4O4/c17-9-5-11-19(13-6-2-1-3-7-13)15(21)12-24-14-8-4-10-18-16(14)20(22)23/h1-4,6-8,10H,5,11-12H2. The van der Waals surface area contributed by atoms with Gasteiger partial charge in [0.2, 0.25) is 5.75 Å². The fourth-order valence-corrected chi connectivity index (χ4v) is 2.02. The SMILES string of the molecule is N#CCCN(C(=O)COc1cccnc1[N+](=O)[O-])c1ccccc1. The van der Waals surface area contributed by atoms with Crippen LogP contribution in [0, 0.1) is 21.4 Å². The van der Waals surface area contributed by atoms with Crippen LogP contribution in [0.4, 0.5) is 11.5 Å². The lowest BCUT2D eigenvalue weighted by Gasteiger charge is -2.21. The highest BCUT2D eigenvalue weighted by Gasteiger charge is 2.20. The molecule has 0 spiro atoms. The van der Waals surface area contributed by atoms with Crippen molar-refractivity contribution in [2.45, 2.75) is 6.42 Å². The topological polar surface area (TPSA) is 109 Å². The summed E-state index contributed by atoms with van der Waals surface area (Å²) in [7, 11) is 0. The summed E-state index contributed by atoms with van der Waals surface area (Å²) in [5.74, 6) is -0.938. The summed E-state index contributed by atoms with van der Waals surface area (Å²) in [6.45, 7) is -0.190. The van der Waals surface area contributed by atoms with Gasteiger partial charge in [0.25, 0.3) is 5.91 Å². The van der Waals surface area contributed by atoms with E-state index in [1.54, 1.807) is 24.3 Å². The minimum Gasteiger partial charge on any atom is -0.476 e. The number of para-hydroxylation sites is 1. The molecule has 8 heteroatoms. The average molecular weight is 326 g/mol. The molecule has 24 heavy (non-hydrogen) atoms. The minimum atomic E-state index is -0.676. The molecule has 122 valence electrons. The number of hydrogen-bond donors (Lipinski definition) is 0. The van der Waals surface area contributed by atoms with Crippen molar-refractivity contribution in [1.29, 1.82) is 5.26 Å². The van der Waals surface area contributed by atoms with Crippen molar-refractivity contribution in [3.05, 3.63) is 58.8 Å². The summed E-state index contributed by atoms with van der Waals surface area (Å²) >= 11 is 0. The molecule has 0 fully saturated rings. The van der Waals surface area contributed by atoms with E-state index in [9.17, 15) is 14.9 Å². The molecule has 0 radical (unpaired) electrons. The number of hydrogen-bond acceptors (Lipinski definition) is 6. The number of rotatable bonds is 7. The second-order valence-electron chi connectivity index (χ2n) is 4.66. The highest BCUT2D eigenvalue weighted by molar-refractivity contribution is 5.94. The minimum absolute atomic E-state index is 0.0795. The summed E-state index contributed by atoms with van der Waals surface area (Å²) in [4.78, 5) is 27.6. The third kappa shape index (κ3) is 4.27. The van der Waals surface area contributed by atoms with Crippen molar-refractivity contribution >= 4 is 17.4 Å². The second kappa shape index (κ2) is 8.24. The van der Waals surface area contributed by atoms with Crippen molar-refractivity contribution < 1.29 is 14.5 Å². The maximum absolute atomic E-state index is 12.4. The van der Waals surface area contributed by atoms with Gasteiger partial charge in [-0.15, -0.1) is 0 Å². The molecule has 2 rings (SSSR count). The Labute approximate surface area is 138 Å². The first-order valence-electron chi connectivity index (χ1n) is 7.08. The molecular weight excluding hydrogens is 312 g/mol. The fraction of sp³-hybridized carbons (Fsp3) is 0.188.